The topological polar surface area (TPSA) is 40.5 Å². The molecule has 98 valence electrons. The summed E-state index contributed by atoms with van der Waals surface area (Å²) in [5.41, 5.74) is 3.08. The average Bonchev–Trinajstić information content (AvgIpc) is 2.42. The molecule has 0 bridgehead atoms. The van der Waals surface area contributed by atoms with Crippen LogP contribution in [0, 0.1) is 0 Å². The van der Waals surface area contributed by atoms with Gasteiger partial charge in [-0.15, -0.1) is 0 Å². The van der Waals surface area contributed by atoms with E-state index < -0.39 is 0 Å². The summed E-state index contributed by atoms with van der Waals surface area (Å²) < 4.78 is 0. The lowest BCUT2D eigenvalue weighted by Gasteiger charge is -2.04. The van der Waals surface area contributed by atoms with Crippen LogP contribution in [-0.2, 0) is 6.42 Å². The fourth-order valence-corrected chi connectivity index (χ4v) is 1.96. The lowest BCUT2D eigenvalue weighted by atomic mass is 10.0. The van der Waals surface area contributed by atoms with Crippen LogP contribution in [0.15, 0.2) is 42.5 Å². The third kappa shape index (κ3) is 3.62. The highest BCUT2D eigenvalue weighted by Gasteiger charge is 2.00. The normalized spacial score (nSPS) is 11.0. The van der Waals surface area contributed by atoms with Gasteiger partial charge in [-0.3, -0.25) is 0 Å². The van der Waals surface area contributed by atoms with Gasteiger partial charge >= 0.3 is 0 Å². The van der Waals surface area contributed by atoms with E-state index in [0.29, 0.717) is 5.75 Å². The molecule has 2 aromatic carbocycles. The van der Waals surface area contributed by atoms with Crippen LogP contribution in [0.3, 0.4) is 0 Å². The first kappa shape index (κ1) is 13.2. The fraction of sp³-hybridized carbons (Fsp3) is 0.176. The molecule has 0 atom stereocenters. The maximum Gasteiger partial charge on any atom is 0.118 e. The van der Waals surface area contributed by atoms with E-state index in [-0.39, 0.29) is 5.75 Å². The Labute approximate surface area is 113 Å². The van der Waals surface area contributed by atoms with Crippen molar-refractivity contribution in [3.05, 3.63) is 59.2 Å². The Balaban J connectivity index is 2.18. The van der Waals surface area contributed by atoms with Crippen molar-refractivity contribution in [1.29, 1.82) is 0 Å². The highest BCUT2D eigenvalue weighted by Crippen LogP contribution is 2.21. The predicted molar refractivity (Wildman–Crippen MR) is 79.1 cm³/mol. The third-order valence-corrected chi connectivity index (χ3v) is 2.98. The van der Waals surface area contributed by atoms with Crippen LogP contribution in [-0.4, -0.2) is 10.2 Å². The lowest BCUT2D eigenvalue weighted by molar-refractivity contribution is 0.467. The Hall–Kier alpha value is -2.22. The average molecular weight is 254 g/mol. The summed E-state index contributed by atoms with van der Waals surface area (Å²) in [6.07, 6.45) is 5.89. The van der Waals surface area contributed by atoms with E-state index >= 15 is 0 Å². The van der Waals surface area contributed by atoms with Gasteiger partial charge in [-0.25, -0.2) is 0 Å². The molecule has 0 amide bonds. The number of aromatic hydroxyl groups is 2. The van der Waals surface area contributed by atoms with Crippen molar-refractivity contribution in [3.8, 4) is 11.5 Å². The van der Waals surface area contributed by atoms with Crippen LogP contribution in [0.4, 0.5) is 0 Å². The van der Waals surface area contributed by atoms with E-state index in [9.17, 15) is 10.2 Å². The second-order valence-electron chi connectivity index (χ2n) is 4.56. The highest BCUT2D eigenvalue weighted by molar-refractivity contribution is 5.70. The van der Waals surface area contributed by atoms with Crippen molar-refractivity contribution in [1.82, 2.24) is 0 Å². The van der Waals surface area contributed by atoms with E-state index in [1.54, 1.807) is 18.2 Å². The van der Waals surface area contributed by atoms with Gasteiger partial charge in [-0.1, -0.05) is 43.7 Å². The summed E-state index contributed by atoms with van der Waals surface area (Å²) in [4.78, 5) is 0. The second kappa shape index (κ2) is 6.10. The van der Waals surface area contributed by atoms with Crippen molar-refractivity contribution in [2.24, 2.45) is 0 Å². The number of hydrogen-bond acceptors (Lipinski definition) is 2. The number of phenolic OH excluding ortho intramolecular Hbond substituents is 2. The van der Waals surface area contributed by atoms with Crippen LogP contribution in [0.2, 0.25) is 0 Å². The molecule has 0 aliphatic heterocycles. The van der Waals surface area contributed by atoms with E-state index in [1.165, 1.54) is 0 Å². The quantitative estimate of drug-likeness (QED) is 0.802. The van der Waals surface area contributed by atoms with Gasteiger partial charge in [-0.05, 0) is 47.4 Å². The van der Waals surface area contributed by atoms with E-state index in [0.717, 1.165) is 29.5 Å². The molecular weight excluding hydrogens is 236 g/mol. The molecule has 2 N–H and O–H groups in total. The molecule has 2 rings (SSSR count). The molecule has 0 radical (unpaired) electrons. The summed E-state index contributed by atoms with van der Waals surface area (Å²) in [6.45, 7) is 2.10. The molecule has 0 saturated heterocycles. The largest absolute Gasteiger partial charge is 0.508 e. The van der Waals surface area contributed by atoms with Gasteiger partial charge in [0.25, 0.3) is 0 Å². The highest BCUT2D eigenvalue weighted by atomic mass is 16.3. The molecule has 19 heavy (non-hydrogen) atoms. The maximum absolute atomic E-state index is 9.73. The lowest BCUT2D eigenvalue weighted by Crippen LogP contribution is -1.85. The zero-order chi connectivity index (χ0) is 13.7. The number of rotatable bonds is 4. The fourth-order valence-electron chi connectivity index (χ4n) is 1.96. The smallest absolute Gasteiger partial charge is 0.118 e. The number of phenols is 2. The molecule has 0 saturated carbocycles. The number of benzene rings is 2. The van der Waals surface area contributed by atoms with Gasteiger partial charge in [0.05, 0.1) is 0 Å². The number of hydrogen-bond donors (Lipinski definition) is 2. The van der Waals surface area contributed by atoms with E-state index in [2.05, 4.69) is 6.92 Å². The summed E-state index contributed by atoms with van der Waals surface area (Å²) in [6, 6.07) is 12.7. The predicted octanol–water partition coefficient (Wildman–Crippen LogP) is 4.22. The van der Waals surface area contributed by atoms with Crippen LogP contribution in [0.1, 0.15) is 30.0 Å². The molecule has 0 aromatic heterocycles. The van der Waals surface area contributed by atoms with E-state index in [1.807, 2.05) is 36.4 Å². The second-order valence-corrected chi connectivity index (χ2v) is 4.56. The van der Waals surface area contributed by atoms with Crippen molar-refractivity contribution >= 4 is 12.2 Å². The monoisotopic (exact) mass is 254 g/mol. The molecule has 2 heteroatoms. The van der Waals surface area contributed by atoms with Crippen LogP contribution in [0.5, 0.6) is 11.5 Å². The molecule has 0 spiro atoms. The van der Waals surface area contributed by atoms with Crippen molar-refractivity contribution < 1.29 is 10.2 Å². The molecule has 2 nitrogen and oxygen atoms in total. The Bertz CT molecular complexity index is 568. The summed E-state index contributed by atoms with van der Waals surface area (Å²) >= 11 is 0. The number of aryl methyl sites for hydroxylation is 1. The van der Waals surface area contributed by atoms with E-state index in [4.69, 9.17) is 0 Å². The Morgan fingerprint density at radius 3 is 2.21 bits per heavy atom. The van der Waals surface area contributed by atoms with Crippen LogP contribution in [0.25, 0.3) is 12.2 Å². The van der Waals surface area contributed by atoms with Gasteiger partial charge in [0.1, 0.15) is 11.5 Å². The van der Waals surface area contributed by atoms with Crippen molar-refractivity contribution in [2.75, 3.05) is 0 Å². The van der Waals surface area contributed by atoms with Gasteiger partial charge in [0.15, 0.2) is 0 Å². The minimum Gasteiger partial charge on any atom is -0.508 e. The third-order valence-electron chi connectivity index (χ3n) is 2.98. The van der Waals surface area contributed by atoms with Gasteiger partial charge in [0.2, 0.25) is 0 Å². The Morgan fingerprint density at radius 2 is 1.53 bits per heavy atom. The molecule has 2 aromatic rings. The maximum atomic E-state index is 9.73. The SMILES string of the molecule is CCCc1cc(/C=C/c2ccc(O)cc2)ccc1O. The zero-order valence-corrected chi connectivity index (χ0v) is 11.0. The molecular formula is C17H18O2. The Morgan fingerprint density at radius 1 is 0.895 bits per heavy atom. The first-order valence-electron chi connectivity index (χ1n) is 6.48. The molecule has 0 unspecified atom stereocenters. The molecule has 0 aliphatic rings. The van der Waals surface area contributed by atoms with Gasteiger partial charge < -0.3 is 10.2 Å². The standard InChI is InChI=1S/C17H18O2/c1-2-3-15-12-14(8-11-17(15)19)5-4-13-6-9-16(18)10-7-13/h4-12,18-19H,2-3H2,1H3/b5-4+. The molecule has 0 heterocycles. The molecule has 0 fully saturated rings. The van der Waals surface area contributed by atoms with Crippen molar-refractivity contribution in [2.45, 2.75) is 19.8 Å². The summed E-state index contributed by atoms with van der Waals surface area (Å²) in [5, 5.41) is 18.9. The first-order valence-corrected chi connectivity index (χ1v) is 6.48. The minimum absolute atomic E-state index is 0.270. The van der Waals surface area contributed by atoms with Crippen molar-refractivity contribution in [3.63, 3.8) is 0 Å². The molecule has 0 aliphatic carbocycles. The van der Waals surface area contributed by atoms with Crippen LogP contribution >= 0.6 is 0 Å². The van der Waals surface area contributed by atoms with Gasteiger partial charge in [-0.2, -0.15) is 0 Å². The first-order chi connectivity index (χ1) is 9.19. The van der Waals surface area contributed by atoms with Crippen LogP contribution < -0.4 is 0 Å². The minimum atomic E-state index is 0.270. The Kier molecular flexibility index (Phi) is 4.24. The summed E-state index contributed by atoms with van der Waals surface area (Å²) in [5.74, 6) is 0.635. The summed E-state index contributed by atoms with van der Waals surface area (Å²) in [7, 11) is 0. The van der Waals surface area contributed by atoms with Gasteiger partial charge in [0, 0.05) is 0 Å². The zero-order valence-electron chi connectivity index (χ0n) is 11.0.